The molecule has 26 heavy (non-hydrogen) atoms. The summed E-state index contributed by atoms with van der Waals surface area (Å²) in [6.07, 6.45) is 8.74. The molecular formula is C20H30N4O2. The molecule has 0 unspecified atom stereocenters. The Balaban J connectivity index is 1.71. The van der Waals surface area contributed by atoms with E-state index in [9.17, 15) is 9.59 Å². The van der Waals surface area contributed by atoms with Crippen LogP contribution in [0.5, 0.6) is 0 Å². The first-order valence-electron chi connectivity index (χ1n) is 9.89. The fourth-order valence-electron chi connectivity index (χ4n) is 4.37. The van der Waals surface area contributed by atoms with Crippen LogP contribution >= 0.6 is 0 Å². The zero-order chi connectivity index (χ0) is 18.5. The number of rotatable bonds is 6. The molecule has 1 aromatic rings. The first-order chi connectivity index (χ1) is 12.6. The Morgan fingerprint density at radius 1 is 1.19 bits per heavy atom. The molecule has 1 aromatic heterocycles. The van der Waals surface area contributed by atoms with Gasteiger partial charge in [-0.2, -0.15) is 0 Å². The highest BCUT2D eigenvalue weighted by molar-refractivity contribution is 5.94. The predicted molar refractivity (Wildman–Crippen MR) is 101 cm³/mol. The highest BCUT2D eigenvalue weighted by Gasteiger charge is 2.42. The fourth-order valence-corrected chi connectivity index (χ4v) is 4.37. The molecule has 1 saturated carbocycles. The van der Waals surface area contributed by atoms with E-state index in [0.29, 0.717) is 18.0 Å². The number of carbonyl (C=O) groups excluding carboxylic acids is 2. The van der Waals surface area contributed by atoms with Gasteiger partial charge in [0, 0.05) is 49.7 Å². The summed E-state index contributed by atoms with van der Waals surface area (Å²) in [5.41, 5.74) is 0.617. The zero-order valence-corrected chi connectivity index (χ0v) is 15.9. The van der Waals surface area contributed by atoms with E-state index in [2.05, 4.69) is 15.2 Å². The Labute approximate surface area is 156 Å². The molecule has 0 spiro atoms. The van der Waals surface area contributed by atoms with E-state index < -0.39 is 0 Å². The number of nitrogens with zero attached hydrogens (tertiary/aromatic N) is 3. The molecule has 2 amide bonds. The Morgan fingerprint density at radius 2 is 1.85 bits per heavy atom. The van der Waals surface area contributed by atoms with Crippen molar-refractivity contribution in [3.63, 3.8) is 0 Å². The summed E-state index contributed by atoms with van der Waals surface area (Å²) in [6.45, 7) is 6.29. The smallest absolute Gasteiger partial charge is 0.251 e. The molecule has 1 saturated heterocycles. The first-order valence-corrected chi connectivity index (χ1v) is 9.89. The number of aromatic nitrogens is 1. The van der Waals surface area contributed by atoms with Crippen molar-refractivity contribution in [2.45, 2.75) is 64.1 Å². The van der Waals surface area contributed by atoms with Gasteiger partial charge in [-0.3, -0.25) is 19.5 Å². The van der Waals surface area contributed by atoms with Crippen LogP contribution in [0.1, 0.15) is 56.3 Å². The van der Waals surface area contributed by atoms with E-state index in [0.717, 1.165) is 32.5 Å². The predicted octanol–water partition coefficient (Wildman–Crippen LogP) is 2.07. The molecule has 6 heteroatoms. The molecule has 0 aromatic carbocycles. The van der Waals surface area contributed by atoms with E-state index in [1.807, 2.05) is 18.7 Å². The minimum atomic E-state index is -0.110. The van der Waals surface area contributed by atoms with Crippen molar-refractivity contribution in [2.75, 3.05) is 19.6 Å². The minimum Gasteiger partial charge on any atom is -0.348 e. The lowest BCUT2D eigenvalue weighted by Crippen LogP contribution is -2.48. The molecular weight excluding hydrogens is 328 g/mol. The van der Waals surface area contributed by atoms with Crippen molar-refractivity contribution >= 4 is 11.8 Å². The van der Waals surface area contributed by atoms with Gasteiger partial charge in [0.25, 0.3) is 5.91 Å². The molecule has 0 bridgehead atoms. The molecule has 2 atom stereocenters. The van der Waals surface area contributed by atoms with Gasteiger partial charge in [-0.15, -0.1) is 0 Å². The molecule has 2 heterocycles. The van der Waals surface area contributed by atoms with E-state index >= 15 is 0 Å². The Kier molecular flexibility index (Phi) is 6.25. The second-order valence-electron chi connectivity index (χ2n) is 7.30. The summed E-state index contributed by atoms with van der Waals surface area (Å²) in [5.74, 6) is 0.127. The van der Waals surface area contributed by atoms with Crippen molar-refractivity contribution in [3.8, 4) is 0 Å². The maximum atomic E-state index is 13.0. The van der Waals surface area contributed by atoms with Gasteiger partial charge in [0.1, 0.15) is 0 Å². The third-order valence-electron chi connectivity index (χ3n) is 5.77. The van der Waals surface area contributed by atoms with Crippen LogP contribution in [0.25, 0.3) is 0 Å². The molecule has 1 aliphatic heterocycles. The SMILES string of the molecule is CCN(CC)C(=O)[C@@H]1C[C@H](NC(=O)c2ccncc2)CN1C1CCCC1. The van der Waals surface area contributed by atoms with Gasteiger partial charge in [0.05, 0.1) is 6.04 Å². The number of likely N-dealkylation sites (N-methyl/N-ethyl adjacent to an activating group) is 1. The van der Waals surface area contributed by atoms with E-state index in [1.165, 1.54) is 12.8 Å². The van der Waals surface area contributed by atoms with Gasteiger partial charge in [0.15, 0.2) is 0 Å². The first kappa shape index (κ1) is 18.8. The van der Waals surface area contributed by atoms with Crippen LogP contribution in [0, 0.1) is 0 Å². The lowest BCUT2D eigenvalue weighted by atomic mass is 10.1. The monoisotopic (exact) mass is 358 g/mol. The molecule has 0 radical (unpaired) electrons. The second kappa shape index (κ2) is 8.62. The van der Waals surface area contributed by atoms with E-state index in [1.54, 1.807) is 24.5 Å². The average molecular weight is 358 g/mol. The summed E-state index contributed by atoms with van der Waals surface area (Å²) < 4.78 is 0. The van der Waals surface area contributed by atoms with Crippen LogP contribution in [-0.4, -0.2) is 64.4 Å². The van der Waals surface area contributed by atoms with E-state index in [-0.39, 0.29) is 23.9 Å². The van der Waals surface area contributed by atoms with Gasteiger partial charge in [-0.1, -0.05) is 12.8 Å². The zero-order valence-electron chi connectivity index (χ0n) is 15.9. The van der Waals surface area contributed by atoms with Crippen LogP contribution in [0.3, 0.4) is 0 Å². The highest BCUT2D eigenvalue weighted by atomic mass is 16.2. The Bertz CT molecular complexity index is 611. The van der Waals surface area contributed by atoms with Crippen LogP contribution in [0.15, 0.2) is 24.5 Å². The van der Waals surface area contributed by atoms with Gasteiger partial charge in [-0.25, -0.2) is 0 Å². The summed E-state index contributed by atoms with van der Waals surface area (Å²) in [7, 11) is 0. The normalized spacial score (nSPS) is 23.9. The number of nitrogens with one attached hydrogen (secondary N) is 1. The van der Waals surface area contributed by atoms with Crippen LogP contribution < -0.4 is 5.32 Å². The molecule has 6 nitrogen and oxygen atoms in total. The van der Waals surface area contributed by atoms with Crippen LogP contribution in [0.4, 0.5) is 0 Å². The molecule has 1 aliphatic carbocycles. The average Bonchev–Trinajstić information content (AvgIpc) is 3.33. The quantitative estimate of drug-likeness (QED) is 0.845. The number of pyridine rings is 1. The summed E-state index contributed by atoms with van der Waals surface area (Å²) in [4.78, 5) is 33.8. The fraction of sp³-hybridized carbons (Fsp3) is 0.650. The molecule has 2 aliphatic rings. The number of hydrogen-bond acceptors (Lipinski definition) is 4. The van der Waals surface area contributed by atoms with Crippen molar-refractivity contribution < 1.29 is 9.59 Å². The lowest BCUT2D eigenvalue weighted by molar-refractivity contribution is -0.136. The Hall–Kier alpha value is -1.95. The van der Waals surface area contributed by atoms with Crippen molar-refractivity contribution in [1.82, 2.24) is 20.1 Å². The van der Waals surface area contributed by atoms with Crippen molar-refractivity contribution in [1.29, 1.82) is 0 Å². The number of amides is 2. The minimum absolute atomic E-state index is 0.0146. The molecule has 1 N–H and O–H groups in total. The molecule has 2 fully saturated rings. The summed E-state index contributed by atoms with van der Waals surface area (Å²) in [6, 6.07) is 3.82. The third-order valence-corrected chi connectivity index (χ3v) is 5.77. The Morgan fingerprint density at radius 3 is 2.46 bits per heavy atom. The standard InChI is InChI=1S/C20H30N4O2/c1-3-23(4-2)20(26)18-13-16(14-24(18)17-7-5-6-8-17)22-19(25)15-9-11-21-12-10-15/h9-12,16-18H,3-8,13-14H2,1-2H3,(H,22,25)/t16-,18-/m0/s1. The van der Waals surface area contributed by atoms with E-state index in [4.69, 9.17) is 0 Å². The van der Waals surface area contributed by atoms with Gasteiger partial charge in [-0.05, 0) is 45.2 Å². The number of hydrogen-bond donors (Lipinski definition) is 1. The largest absolute Gasteiger partial charge is 0.348 e. The number of carbonyl (C=O) groups is 2. The maximum Gasteiger partial charge on any atom is 0.251 e. The number of likely N-dealkylation sites (tertiary alicyclic amines) is 1. The summed E-state index contributed by atoms with van der Waals surface area (Å²) in [5, 5.41) is 3.13. The lowest BCUT2D eigenvalue weighted by Gasteiger charge is -2.32. The summed E-state index contributed by atoms with van der Waals surface area (Å²) >= 11 is 0. The second-order valence-corrected chi connectivity index (χ2v) is 7.30. The van der Waals surface area contributed by atoms with Crippen molar-refractivity contribution in [2.24, 2.45) is 0 Å². The van der Waals surface area contributed by atoms with Crippen molar-refractivity contribution in [3.05, 3.63) is 30.1 Å². The van der Waals surface area contributed by atoms with Gasteiger partial charge in [0.2, 0.25) is 5.91 Å². The highest BCUT2D eigenvalue weighted by Crippen LogP contribution is 2.31. The maximum absolute atomic E-state index is 13.0. The van der Waals surface area contributed by atoms with Gasteiger partial charge >= 0.3 is 0 Å². The van der Waals surface area contributed by atoms with Gasteiger partial charge < -0.3 is 10.2 Å². The van der Waals surface area contributed by atoms with Crippen LogP contribution in [0.2, 0.25) is 0 Å². The molecule has 3 rings (SSSR count). The molecule has 142 valence electrons. The third kappa shape index (κ3) is 4.06. The van der Waals surface area contributed by atoms with Crippen LogP contribution in [-0.2, 0) is 4.79 Å². The topological polar surface area (TPSA) is 65.5 Å².